The van der Waals surface area contributed by atoms with Crippen LogP contribution in [-0.2, 0) is 9.84 Å². The average molecular weight is 334 g/mol. The van der Waals surface area contributed by atoms with Crippen molar-refractivity contribution >= 4 is 41.7 Å². The zero-order chi connectivity index (χ0) is 10.1. The van der Waals surface area contributed by atoms with E-state index in [-0.39, 0.29) is 14.2 Å². The Labute approximate surface area is 96.6 Å². The largest absolute Gasteiger partial charge is 0.228 e. The first-order valence-corrected chi connectivity index (χ1v) is 7.99. The van der Waals surface area contributed by atoms with Crippen LogP contribution in [0.15, 0.2) is 0 Å². The maximum atomic E-state index is 11.7. The molecule has 0 N–H and O–H groups in total. The van der Waals surface area contributed by atoms with Crippen LogP contribution in [0, 0.1) is 0 Å². The molecular formula is C8H14Br2O2S. The molecule has 78 valence electrons. The second-order valence-electron chi connectivity index (χ2n) is 3.78. The van der Waals surface area contributed by atoms with Crippen molar-refractivity contribution in [2.45, 2.75) is 42.2 Å². The average Bonchev–Trinajstić information content (AvgIpc) is 2.03. The maximum Gasteiger partial charge on any atom is 0.164 e. The van der Waals surface area contributed by atoms with Crippen LogP contribution in [0.3, 0.4) is 0 Å². The molecule has 1 aliphatic carbocycles. The summed E-state index contributed by atoms with van der Waals surface area (Å²) in [5, 5.41) is -0.229. The Morgan fingerprint density at radius 2 is 2.08 bits per heavy atom. The van der Waals surface area contributed by atoms with Gasteiger partial charge in [0.05, 0.1) is 5.25 Å². The molecule has 0 unspecified atom stereocenters. The third kappa shape index (κ3) is 2.69. The van der Waals surface area contributed by atoms with Gasteiger partial charge in [-0.15, -0.1) is 0 Å². The van der Waals surface area contributed by atoms with Gasteiger partial charge in [-0.2, -0.15) is 0 Å². The molecule has 0 aromatic carbocycles. The molecule has 0 aliphatic heterocycles. The molecule has 0 heterocycles. The van der Waals surface area contributed by atoms with E-state index in [1.165, 1.54) is 0 Å². The van der Waals surface area contributed by atoms with Gasteiger partial charge in [0.2, 0.25) is 0 Å². The van der Waals surface area contributed by atoms with Crippen LogP contribution in [0.2, 0.25) is 0 Å². The van der Waals surface area contributed by atoms with Gasteiger partial charge in [0, 0.05) is 4.32 Å². The molecule has 0 aromatic heterocycles. The molecular weight excluding hydrogens is 320 g/mol. The third-order valence-electron chi connectivity index (χ3n) is 2.64. The van der Waals surface area contributed by atoms with E-state index in [4.69, 9.17) is 0 Å². The fourth-order valence-corrected chi connectivity index (χ4v) is 5.76. The predicted octanol–water partition coefficient (Wildman–Crippen LogP) is 2.85. The summed E-state index contributed by atoms with van der Waals surface area (Å²) in [7, 11) is -2.96. The molecule has 1 saturated carbocycles. The molecule has 0 radical (unpaired) electrons. The van der Waals surface area contributed by atoms with Gasteiger partial charge in [-0.25, -0.2) is 8.42 Å². The molecule has 1 rings (SSSR count). The minimum absolute atomic E-state index is 0.0753. The topological polar surface area (TPSA) is 34.1 Å². The molecule has 0 aromatic rings. The summed E-state index contributed by atoms with van der Waals surface area (Å²) in [5.41, 5.74) is 0. The third-order valence-corrected chi connectivity index (χ3v) is 7.73. The summed E-state index contributed by atoms with van der Waals surface area (Å²) in [5.74, 6) is 0. The molecule has 13 heavy (non-hydrogen) atoms. The highest BCUT2D eigenvalue weighted by atomic mass is 79.9. The zero-order valence-corrected chi connectivity index (χ0v) is 11.6. The highest BCUT2D eigenvalue weighted by Gasteiger charge is 2.41. The highest BCUT2D eigenvalue weighted by molar-refractivity contribution is 9.11. The van der Waals surface area contributed by atoms with Gasteiger partial charge < -0.3 is 0 Å². The maximum absolute atomic E-state index is 11.7. The van der Waals surface area contributed by atoms with Crippen molar-refractivity contribution in [3.05, 3.63) is 0 Å². The first-order valence-electron chi connectivity index (χ1n) is 4.36. The fourth-order valence-electron chi connectivity index (χ4n) is 1.89. The molecule has 0 spiro atoms. The molecule has 1 aliphatic rings. The number of sulfone groups is 1. The first-order chi connectivity index (χ1) is 5.90. The number of halogens is 2. The Morgan fingerprint density at radius 3 is 2.54 bits per heavy atom. The standard InChI is InChI=1S/C8H14Br2O2S/c1-8(10)5-3-2-4-7(8)13(11,12)6-9/h7H,2-6H2,1H3/t7-,8-/m1/s1. The van der Waals surface area contributed by atoms with Gasteiger partial charge in [-0.05, 0) is 19.8 Å². The summed E-state index contributed by atoms with van der Waals surface area (Å²) >= 11 is 6.58. The molecule has 0 bridgehead atoms. The van der Waals surface area contributed by atoms with E-state index in [1.54, 1.807) is 0 Å². The highest BCUT2D eigenvalue weighted by Crippen LogP contribution is 2.40. The van der Waals surface area contributed by atoms with Crippen LogP contribution in [0.5, 0.6) is 0 Å². The second kappa shape index (κ2) is 4.19. The Morgan fingerprint density at radius 1 is 1.46 bits per heavy atom. The number of rotatable bonds is 2. The fraction of sp³-hybridized carbons (Fsp3) is 1.00. The van der Waals surface area contributed by atoms with Crippen molar-refractivity contribution < 1.29 is 8.42 Å². The Hall–Kier alpha value is 0.910. The van der Waals surface area contributed by atoms with Crippen molar-refractivity contribution in [1.29, 1.82) is 0 Å². The molecule has 1 fully saturated rings. The predicted molar refractivity (Wildman–Crippen MR) is 62.3 cm³/mol. The van der Waals surface area contributed by atoms with Crippen LogP contribution in [0.4, 0.5) is 0 Å². The molecule has 2 nitrogen and oxygen atoms in total. The minimum Gasteiger partial charge on any atom is -0.228 e. The van der Waals surface area contributed by atoms with E-state index in [0.717, 1.165) is 25.7 Å². The quantitative estimate of drug-likeness (QED) is 0.728. The van der Waals surface area contributed by atoms with Crippen molar-refractivity contribution in [2.75, 3.05) is 4.66 Å². The lowest BCUT2D eigenvalue weighted by Crippen LogP contribution is -2.42. The van der Waals surface area contributed by atoms with E-state index >= 15 is 0 Å². The van der Waals surface area contributed by atoms with Gasteiger partial charge in [-0.3, -0.25) is 0 Å². The summed E-state index contributed by atoms with van der Waals surface area (Å²) in [4.78, 5) is 0. The van der Waals surface area contributed by atoms with Crippen molar-refractivity contribution in [3.8, 4) is 0 Å². The number of hydrogen-bond acceptors (Lipinski definition) is 2. The molecule has 2 atom stereocenters. The molecule has 5 heteroatoms. The van der Waals surface area contributed by atoms with Crippen LogP contribution < -0.4 is 0 Å². The van der Waals surface area contributed by atoms with Crippen LogP contribution in [0.25, 0.3) is 0 Å². The SMILES string of the molecule is C[C@@]1(Br)CCCC[C@H]1S(=O)(=O)CBr. The van der Waals surface area contributed by atoms with Crippen LogP contribution in [0.1, 0.15) is 32.6 Å². The van der Waals surface area contributed by atoms with E-state index in [1.807, 2.05) is 6.92 Å². The lowest BCUT2D eigenvalue weighted by Gasteiger charge is -2.35. The number of hydrogen-bond donors (Lipinski definition) is 0. The smallest absolute Gasteiger partial charge is 0.164 e. The minimum atomic E-state index is -2.96. The zero-order valence-electron chi connectivity index (χ0n) is 7.59. The van der Waals surface area contributed by atoms with E-state index in [0.29, 0.717) is 0 Å². The van der Waals surface area contributed by atoms with Gasteiger partial charge in [0.1, 0.15) is 4.66 Å². The summed E-state index contributed by atoms with van der Waals surface area (Å²) in [6.07, 6.45) is 3.88. The number of alkyl halides is 2. The molecule has 0 saturated heterocycles. The van der Waals surface area contributed by atoms with E-state index in [2.05, 4.69) is 31.9 Å². The summed E-state index contributed by atoms with van der Waals surface area (Å²) in [6, 6.07) is 0. The van der Waals surface area contributed by atoms with Crippen molar-refractivity contribution in [1.82, 2.24) is 0 Å². The van der Waals surface area contributed by atoms with Crippen molar-refractivity contribution in [2.24, 2.45) is 0 Å². The Balaban J connectivity index is 2.89. The second-order valence-corrected chi connectivity index (χ2v) is 9.08. The van der Waals surface area contributed by atoms with Gasteiger partial charge in [0.15, 0.2) is 9.84 Å². The van der Waals surface area contributed by atoms with Gasteiger partial charge >= 0.3 is 0 Å². The molecule has 0 amide bonds. The van der Waals surface area contributed by atoms with Gasteiger partial charge in [-0.1, -0.05) is 44.7 Å². The Bertz CT molecular complexity index is 272. The normalized spacial score (nSPS) is 36.1. The summed E-state index contributed by atoms with van der Waals surface area (Å²) < 4.78 is 23.2. The lowest BCUT2D eigenvalue weighted by molar-refractivity contribution is 0.423. The van der Waals surface area contributed by atoms with Gasteiger partial charge in [0.25, 0.3) is 0 Å². The first kappa shape index (κ1) is 12.0. The van der Waals surface area contributed by atoms with Crippen LogP contribution in [-0.4, -0.2) is 22.7 Å². The van der Waals surface area contributed by atoms with Crippen molar-refractivity contribution in [3.63, 3.8) is 0 Å². The van der Waals surface area contributed by atoms with E-state index < -0.39 is 9.84 Å². The monoisotopic (exact) mass is 332 g/mol. The lowest BCUT2D eigenvalue weighted by atomic mass is 9.90. The van der Waals surface area contributed by atoms with Crippen LogP contribution >= 0.6 is 31.9 Å². The summed E-state index contributed by atoms with van der Waals surface area (Å²) in [6.45, 7) is 1.98. The Kier molecular flexibility index (Phi) is 3.86. The van der Waals surface area contributed by atoms with E-state index in [9.17, 15) is 8.42 Å².